The molecule has 0 saturated carbocycles. The van der Waals surface area contributed by atoms with Crippen molar-refractivity contribution in [1.82, 2.24) is 10.2 Å². The lowest BCUT2D eigenvalue weighted by molar-refractivity contribution is 0.0199. The molecule has 1 aliphatic heterocycles. The van der Waals surface area contributed by atoms with E-state index in [1.54, 1.807) is 4.90 Å². The maximum absolute atomic E-state index is 11.9. The molecule has 0 bridgehead atoms. The average Bonchev–Trinajstić information content (AvgIpc) is 2.37. The third-order valence-electron chi connectivity index (χ3n) is 3.23. The molecule has 0 aromatic rings. The zero-order valence-corrected chi connectivity index (χ0v) is 13.9. The Morgan fingerprint density at radius 3 is 2.45 bits per heavy atom. The number of nitrogens with zero attached hydrogens (tertiary/aromatic N) is 1. The summed E-state index contributed by atoms with van der Waals surface area (Å²) in [7, 11) is -0.704. The highest BCUT2D eigenvalue weighted by molar-refractivity contribution is 7.84. The van der Waals surface area contributed by atoms with Crippen LogP contribution in [-0.2, 0) is 15.5 Å². The maximum atomic E-state index is 11.9. The summed E-state index contributed by atoms with van der Waals surface area (Å²) in [4.78, 5) is 13.7. The van der Waals surface area contributed by atoms with E-state index in [2.05, 4.69) is 5.32 Å². The molecule has 20 heavy (non-hydrogen) atoms. The van der Waals surface area contributed by atoms with Gasteiger partial charge in [0.2, 0.25) is 0 Å². The van der Waals surface area contributed by atoms with Gasteiger partial charge in [-0.15, -0.1) is 0 Å². The first-order chi connectivity index (χ1) is 9.31. The Kier molecular flexibility index (Phi) is 6.95. The Balaban J connectivity index is 2.23. The van der Waals surface area contributed by atoms with Gasteiger partial charge < -0.3 is 15.0 Å². The fraction of sp³-hybridized carbons (Fsp3) is 0.929. The van der Waals surface area contributed by atoms with Crippen molar-refractivity contribution < 1.29 is 13.7 Å². The summed E-state index contributed by atoms with van der Waals surface area (Å²) in [6, 6.07) is 0.419. The van der Waals surface area contributed by atoms with Crippen molar-refractivity contribution >= 4 is 16.9 Å². The van der Waals surface area contributed by atoms with Crippen LogP contribution in [0, 0.1) is 0 Å². The van der Waals surface area contributed by atoms with Crippen LogP contribution in [0.15, 0.2) is 0 Å². The van der Waals surface area contributed by atoms with Gasteiger partial charge >= 0.3 is 6.09 Å². The van der Waals surface area contributed by atoms with Crippen LogP contribution < -0.4 is 5.32 Å². The number of carbonyl (C=O) groups is 1. The van der Waals surface area contributed by atoms with Crippen LogP contribution >= 0.6 is 0 Å². The molecular weight excluding hydrogens is 276 g/mol. The predicted molar refractivity (Wildman–Crippen MR) is 82.4 cm³/mol. The van der Waals surface area contributed by atoms with Crippen LogP contribution in [-0.4, -0.2) is 58.0 Å². The minimum absolute atomic E-state index is 0.219. The number of likely N-dealkylation sites (tertiary alicyclic amines) is 1. The molecule has 0 aliphatic carbocycles. The second-order valence-corrected chi connectivity index (χ2v) is 7.99. The van der Waals surface area contributed by atoms with Gasteiger partial charge in [0.15, 0.2) is 0 Å². The molecule has 0 spiro atoms. The van der Waals surface area contributed by atoms with Crippen molar-refractivity contribution in [1.29, 1.82) is 0 Å². The third-order valence-corrected chi connectivity index (χ3v) is 4.53. The number of ether oxygens (including phenoxy) is 1. The molecule has 6 heteroatoms. The van der Waals surface area contributed by atoms with Gasteiger partial charge in [0, 0.05) is 48.0 Å². The molecule has 118 valence electrons. The van der Waals surface area contributed by atoms with Crippen molar-refractivity contribution in [3.05, 3.63) is 0 Å². The molecule has 1 heterocycles. The van der Waals surface area contributed by atoms with Crippen LogP contribution in [0.5, 0.6) is 0 Å². The van der Waals surface area contributed by atoms with Crippen molar-refractivity contribution in [3.63, 3.8) is 0 Å². The molecule has 1 amide bonds. The summed E-state index contributed by atoms with van der Waals surface area (Å²) in [6.07, 6.45) is 1.64. The Labute approximate surface area is 124 Å². The monoisotopic (exact) mass is 304 g/mol. The Morgan fingerprint density at radius 2 is 1.95 bits per heavy atom. The van der Waals surface area contributed by atoms with E-state index in [0.29, 0.717) is 11.8 Å². The van der Waals surface area contributed by atoms with Crippen LogP contribution in [0.1, 0.15) is 40.5 Å². The van der Waals surface area contributed by atoms with Crippen molar-refractivity contribution in [3.8, 4) is 0 Å². The van der Waals surface area contributed by atoms with Crippen molar-refractivity contribution in [2.24, 2.45) is 0 Å². The number of amides is 1. The Bertz CT molecular complexity index is 334. The quantitative estimate of drug-likeness (QED) is 0.840. The zero-order valence-electron chi connectivity index (χ0n) is 13.1. The van der Waals surface area contributed by atoms with Crippen molar-refractivity contribution in [2.75, 3.05) is 31.1 Å². The topological polar surface area (TPSA) is 58.6 Å². The molecule has 0 aromatic carbocycles. The Hall–Kier alpha value is -0.620. The predicted octanol–water partition coefficient (Wildman–Crippen LogP) is 1.74. The highest BCUT2D eigenvalue weighted by Crippen LogP contribution is 2.15. The average molecular weight is 304 g/mol. The zero-order chi connectivity index (χ0) is 15.2. The van der Waals surface area contributed by atoms with E-state index in [9.17, 15) is 9.00 Å². The second kappa shape index (κ2) is 7.98. The fourth-order valence-electron chi connectivity index (χ4n) is 2.11. The SMILES string of the molecule is CCS(=O)CCNC1CCN(C(=O)OC(C)(C)C)CC1. The molecule has 1 aliphatic rings. The second-order valence-electron chi connectivity index (χ2n) is 6.13. The number of carbonyl (C=O) groups excluding carboxylic acids is 1. The van der Waals surface area contributed by atoms with E-state index in [0.717, 1.165) is 38.2 Å². The lowest BCUT2D eigenvalue weighted by Gasteiger charge is -2.33. The molecule has 5 nitrogen and oxygen atoms in total. The normalized spacial score (nSPS) is 18.9. The van der Waals surface area contributed by atoms with E-state index >= 15 is 0 Å². The molecule has 0 aromatic heterocycles. The lowest BCUT2D eigenvalue weighted by atomic mass is 10.1. The number of piperidine rings is 1. The number of rotatable bonds is 5. The first-order valence-electron chi connectivity index (χ1n) is 7.38. The fourth-order valence-corrected chi connectivity index (χ4v) is 2.75. The maximum Gasteiger partial charge on any atom is 0.410 e. The summed E-state index contributed by atoms with van der Waals surface area (Å²) >= 11 is 0. The molecule has 1 N–H and O–H groups in total. The molecule has 1 fully saturated rings. The summed E-state index contributed by atoms with van der Waals surface area (Å²) in [5, 5.41) is 3.42. The molecular formula is C14H28N2O3S. The summed E-state index contributed by atoms with van der Waals surface area (Å²) in [5.74, 6) is 1.43. The van der Waals surface area contributed by atoms with E-state index < -0.39 is 16.4 Å². The van der Waals surface area contributed by atoms with Crippen LogP contribution in [0.2, 0.25) is 0 Å². The van der Waals surface area contributed by atoms with Gasteiger partial charge in [-0.3, -0.25) is 4.21 Å². The molecule has 1 atom stereocenters. The molecule has 1 rings (SSSR count). The van der Waals surface area contributed by atoms with Crippen molar-refractivity contribution in [2.45, 2.75) is 52.2 Å². The van der Waals surface area contributed by atoms with Gasteiger partial charge in [0.25, 0.3) is 0 Å². The van der Waals surface area contributed by atoms with Crippen LogP contribution in [0.3, 0.4) is 0 Å². The number of nitrogens with one attached hydrogen (secondary N) is 1. The smallest absolute Gasteiger partial charge is 0.410 e. The van der Waals surface area contributed by atoms with Gasteiger partial charge in [-0.2, -0.15) is 0 Å². The molecule has 1 saturated heterocycles. The molecule has 0 radical (unpaired) electrons. The lowest BCUT2D eigenvalue weighted by Crippen LogP contribution is -2.47. The first kappa shape index (κ1) is 17.4. The summed E-state index contributed by atoms with van der Waals surface area (Å²) in [6.45, 7) is 9.83. The highest BCUT2D eigenvalue weighted by Gasteiger charge is 2.26. The van der Waals surface area contributed by atoms with E-state index in [1.807, 2.05) is 27.7 Å². The van der Waals surface area contributed by atoms with E-state index in [1.165, 1.54) is 0 Å². The van der Waals surface area contributed by atoms with Gasteiger partial charge in [0.05, 0.1) is 0 Å². The first-order valence-corrected chi connectivity index (χ1v) is 8.87. The largest absolute Gasteiger partial charge is 0.444 e. The number of hydrogen-bond donors (Lipinski definition) is 1. The van der Waals surface area contributed by atoms with E-state index in [4.69, 9.17) is 4.74 Å². The highest BCUT2D eigenvalue weighted by atomic mass is 32.2. The summed E-state index contributed by atoms with van der Waals surface area (Å²) < 4.78 is 16.7. The van der Waals surface area contributed by atoms with Gasteiger partial charge in [-0.25, -0.2) is 4.79 Å². The number of hydrogen-bond acceptors (Lipinski definition) is 4. The van der Waals surface area contributed by atoms with Crippen LogP contribution in [0.25, 0.3) is 0 Å². The third kappa shape index (κ3) is 6.70. The summed E-state index contributed by atoms with van der Waals surface area (Å²) in [5.41, 5.74) is -0.434. The van der Waals surface area contributed by atoms with E-state index in [-0.39, 0.29) is 6.09 Å². The van der Waals surface area contributed by atoms with Gasteiger partial charge in [0.1, 0.15) is 5.60 Å². The minimum atomic E-state index is -0.704. The Morgan fingerprint density at radius 1 is 1.35 bits per heavy atom. The molecule has 1 unspecified atom stereocenters. The standard InChI is InChI=1S/C14H28N2O3S/c1-5-20(18)11-8-15-12-6-9-16(10-7-12)13(17)19-14(2,3)4/h12,15H,5-11H2,1-4H3. The minimum Gasteiger partial charge on any atom is -0.444 e. The van der Waals surface area contributed by atoms with Gasteiger partial charge in [-0.05, 0) is 33.6 Å². The van der Waals surface area contributed by atoms with Gasteiger partial charge in [-0.1, -0.05) is 6.92 Å². The van der Waals surface area contributed by atoms with Crippen LogP contribution in [0.4, 0.5) is 4.79 Å².